The molecule has 2 N–H and O–H groups in total. The Morgan fingerprint density at radius 2 is 2.00 bits per heavy atom. The molecule has 1 aliphatic heterocycles. The number of halogens is 2. The highest BCUT2D eigenvalue weighted by Gasteiger charge is 2.30. The molecule has 1 aromatic rings. The first-order valence-corrected chi connectivity index (χ1v) is 8.26. The molecule has 2 rings (SSSR count). The SMILES string of the molecule is O=C(O)[C@@H]1CCCN(C(=O)c2cc(I)cc(I)c2O)C1. The van der Waals surface area contributed by atoms with Crippen molar-refractivity contribution in [1.29, 1.82) is 0 Å². The van der Waals surface area contributed by atoms with Crippen LogP contribution in [0, 0.1) is 13.1 Å². The molecule has 1 fully saturated rings. The van der Waals surface area contributed by atoms with Crippen LogP contribution in [0.15, 0.2) is 12.1 Å². The molecule has 1 atom stereocenters. The van der Waals surface area contributed by atoms with E-state index in [4.69, 9.17) is 5.11 Å². The Morgan fingerprint density at radius 1 is 1.30 bits per heavy atom. The zero-order valence-electron chi connectivity index (χ0n) is 10.5. The van der Waals surface area contributed by atoms with E-state index in [2.05, 4.69) is 22.6 Å². The van der Waals surface area contributed by atoms with E-state index in [0.717, 1.165) is 3.57 Å². The lowest BCUT2D eigenvalue weighted by atomic mass is 9.97. The monoisotopic (exact) mass is 501 g/mol. The molecule has 0 bridgehead atoms. The number of carboxylic acid groups (broad SMARTS) is 1. The number of carbonyl (C=O) groups excluding carboxylic acids is 1. The second kappa shape index (κ2) is 6.46. The average molecular weight is 501 g/mol. The van der Waals surface area contributed by atoms with E-state index >= 15 is 0 Å². The summed E-state index contributed by atoms with van der Waals surface area (Å²) in [6.07, 6.45) is 1.26. The van der Waals surface area contributed by atoms with Crippen molar-refractivity contribution in [3.05, 3.63) is 24.8 Å². The zero-order chi connectivity index (χ0) is 14.9. The van der Waals surface area contributed by atoms with Gasteiger partial charge in [-0.2, -0.15) is 0 Å². The van der Waals surface area contributed by atoms with Crippen molar-refractivity contribution in [3.8, 4) is 5.75 Å². The van der Waals surface area contributed by atoms with Gasteiger partial charge in [0.05, 0.1) is 15.1 Å². The van der Waals surface area contributed by atoms with Crippen LogP contribution in [0.1, 0.15) is 23.2 Å². The van der Waals surface area contributed by atoms with Crippen LogP contribution in [-0.2, 0) is 4.79 Å². The summed E-state index contributed by atoms with van der Waals surface area (Å²) in [5.74, 6) is -1.72. The van der Waals surface area contributed by atoms with Crippen molar-refractivity contribution in [2.45, 2.75) is 12.8 Å². The summed E-state index contributed by atoms with van der Waals surface area (Å²) < 4.78 is 1.48. The summed E-state index contributed by atoms with van der Waals surface area (Å²) in [5.41, 5.74) is 0.243. The third-order valence-electron chi connectivity index (χ3n) is 3.32. The fraction of sp³-hybridized carbons (Fsp3) is 0.385. The first kappa shape index (κ1) is 15.8. The van der Waals surface area contributed by atoms with Gasteiger partial charge in [-0.3, -0.25) is 9.59 Å². The van der Waals surface area contributed by atoms with Gasteiger partial charge in [0.25, 0.3) is 5.91 Å². The number of hydrogen-bond donors (Lipinski definition) is 2. The lowest BCUT2D eigenvalue weighted by molar-refractivity contribution is -0.143. The fourth-order valence-electron chi connectivity index (χ4n) is 2.26. The number of benzene rings is 1. The molecule has 7 heteroatoms. The van der Waals surface area contributed by atoms with Crippen molar-refractivity contribution in [3.63, 3.8) is 0 Å². The van der Waals surface area contributed by atoms with Gasteiger partial charge in [0.1, 0.15) is 5.75 Å². The summed E-state index contributed by atoms with van der Waals surface area (Å²) in [6, 6.07) is 3.41. The summed E-state index contributed by atoms with van der Waals surface area (Å²) in [7, 11) is 0. The molecule has 1 amide bonds. The normalized spacial score (nSPS) is 18.9. The van der Waals surface area contributed by atoms with Crippen LogP contribution in [0.3, 0.4) is 0 Å². The average Bonchev–Trinajstić information content (AvgIpc) is 2.42. The fourth-order valence-corrected chi connectivity index (χ4v) is 4.11. The number of likely N-dealkylation sites (tertiary alicyclic amines) is 1. The standard InChI is InChI=1S/C13H13I2NO4/c14-8-4-9(11(17)10(15)5-8)12(18)16-3-1-2-7(6-16)13(19)20/h4-5,7,17H,1-3,6H2,(H,19,20)/t7-/m1/s1. The van der Waals surface area contributed by atoms with E-state index in [9.17, 15) is 14.7 Å². The van der Waals surface area contributed by atoms with E-state index in [1.807, 2.05) is 22.6 Å². The predicted molar refractivity (Wildman–Crippen MR) is 89.8 cm³/mol. The van der Waals surface area contributed by atoms with E-state index in [-0.39, 0.29) is 23.8 Å². The number of aliphatic carboxylic acids is 1. The van der Waals surface area contributed by atoms with Crippen molar-refractivity contribution in [2.24, 2.45) is 5.92 Å². The Labute approximate surface area is 143 Å². The van der Waals surface area contributed by atoms with Crippen molar-refractivity contribution >= 4 is 57.1 Å². The highest BCUT2D eigenvalue weighted by Crippen LogP contribution is 2.29. The summed E-state index contributed by atoms with van der Waals surface area (Å²) in [4.78, 5) is 25.0. The van der Waals surface area contributed by atoms with Crippen LogP contribution in [0.5, 0.6) is 5.75 Å². The molecule has 1 heterocycles. The molecule has 5 nitrogen and oxygen atoms in total. The van der Waals surface area contributed by atoms with Crippen LogP contribution in [0.4, 0.5) is 0 Å². The number of carboxylic acids is 1. The van der Waals surface area contributed by atoms with E-state index in [0.29, 0.717) is 23.0 Å². The van der Waals surface area contributed by atoms with E-state index < -0.39 is 11.9 Å². The van der Waals surface area contributed by atoms with Crippen molar-refractivity contribution in [2.75, 3.05) is 13.1 Å². The maximum absolute atomic E-state index is 12.5. The third kappa shape index (κ3) is 3.35. The number of aromatic hydroxyl groups is 1. The number of phenols is 1. The number of phenolic OH excluding ortho intramolecular Hbond substituents is 1. The van der Waals surface area contributed by atoms with Crippen LogP contribution >= 0.6 is 45.2 Å². The summed E-state index contributed by atoms with van der Waals surface area (Å²) in [5, 5.41) is 19.1. The molecule has 0 saturated carbocycles. The second-order valence-corrected chi connectivity index (χ2v) is 7.12. The maximum Gasteiger partial charge on any atom is 0.308 e. The molecule has 1 saturated heterocycles. The van der Waals surface area contributed by atoms with Crippen LogP contribution in [0.2, 0.25) is 0 Å². The molecule has 0 unspecified atom stereocenters. The number of rotatable bonds is 2. The van der Waals surface area contributed by atoms with Gasteiger partial charge < -0.3 is 15.1 Å². The Balaban J connectivity index is 2.25. The van der Waals surface area contributed by atoms with Crippen LogP contribution < -0.4 is 0 Å². The van der Waals surface area contributed by atoms with Gasteiger partial charge in [0.15, 0.2) is 0 Å². The first-order chi connectivity index (χ1) is 9.40. The van der Waals surface area contributed by atoms with Gasteiger partial charge >= 0.3 is 5.97 Å². The van der Waals surface area contributed by atoms with Gasteiger partial charge in [0.2, 0.25) is 0 Å². The number of carbonyl (C=O) groups is 2. The van der Waals surface area contributed by atoms with Gasteiger partial charge in [-0.25, -0.2) is 0 Å². The van der Waals surface area contributed by atoms with E-state index in [1.165, 1.54) is 4.90 Å². The van der Waals surface area contributed by atoms with Gasteiger partial charge in [-0.15, -0.1) is 0 Å². The second-order valence-electron chi connectivity index (χ2n) is 4.71. The minimum atomic E-state index is -0.871. The third-order valence-corrected chi connectivity index (χ3v) is 4.76. The highest BCUT2D eigenvalue weighted by molar-refractivity contribution is 14.1. The minimum absolute atomic E-state index is 0.0338. The Kier molecular flexibility index (Phi) is 5.10. The molecule has 1 aromatic carbocycles. The smallest absolute Gasteiger partial charge is 0.308 e. The summed E-state index contributed by atoms with van der Waals surface area (Å²) in [6.45, 7) is 0.736. The number of amides is 1. The Bertz CT molecular complexity index is 562. The molecular formula is C13H13I2NO4. The lowest BCUT2D eigenvalue weighted by Crippen LogP contribution is -2.42. The summed E-state index contributed by atoms with van der Waals surface area (Å²) >= 11 is 4.06. The molecule has 108 valence electrons. The maximum atomic E-state index is 12.5. The quantitative estimate of drug-likeness (QED) is 0.612. The number of hydrogen-bond acceptors (Lipinski definition) is 3. The van der Waals surface area contributed by atoms with Crippen LogP contribution in [0.25, 0.3) is 0 Å². The van der Waals surface area contributed by atoms with E-state index in [1.54, 1.807) is 12.1 Å². The highest BCUT2D eigenvalue weighted by atomic mass is 127. The van der Waals surface area contributed by atoms with Gasteiger partial charge in [0, 0.05) is 16.7 Å². The topological polar surface area (TPSA) is 77.8 Å². The molecule has 0 spiro atoms. The largest absolute Gasteiger partial charge is 0.506 e. The first-order valence-electron chi connectivity index (χ1n) is 6.10. The van der Waals surface area contributed by atoms with Gasteiger partial charge in [-0.05, 0) is 70.2 Å². The molecule has 1 aliphatic rings. The molecule has 0 aromatic heterocycles. The zero-order valence-corrected chi connectivity index (χ0v) is 14.8. The molecule has 0 aliphatic carbocycles. The van der Waals surface area contributed by atoms with Gasteiger partial charge in [-0.1, -0.05) is 0 Å². The number of piperidine rings is 1. The van der Waals surface area contributed by atoms with Crippen molar-refractivity contribution < 1.29 is 19.8 Å². The Morgan fingerprint density at radius 3 is 2.65 bits per heavy atom. The molecular weight excluding hydrogens is 488 g/mol. The minimum Gasteiger partial charge on any atom is -0.506 e. The molecule has 0 radical (unpaired) electrons. The Hall–Kier alpha value is -0.580. The molecule has 20 heavy (non-hydrogen) atoms. The van der Waals surface area contributed by atoms with Crippen LogP contribution in [-0.4, -0.2) is 40.1 Å². The lowest BCUT2D eigenvalue weighted by Gasteiger charge is -2.31. The van der Waals surface area contributed by atoms with Crippen molar-refractivity contribution in [1.82, 2.24) is 4.90 Å². The predicted octanol–water partition coefficient (Wildman–Crippen LogP) is 2.54. The number of nitrogens with zero attached hydrogens (tertiary/aromatic N) is 1.